The molecule has 1 heterocycles. The third kappa shape index (κ3) is 3.93. The van der Waals surface area contributed by atoms with Crippen molar-refractivity contribution in [3.63, 3.8) is 0 Å². The predicted molar refractivity (Wildman–Crippen MR) is 82.0 cm³/mol. The molecule has 0 unspecified atom stereocenters. The van der Waals surface area contributed by atoms with Crippen LogP contribution in [0.2, 0.25) is 0 Å². The van der Waals surface area contributed by atoms with Crippen molar-refractivity contribution in [3.05, 3.63) is 36.4 Å². The summed E-state index contributed by atoms with van der Waals surface area (Å²) in [4.78, 5) is 9.03. The number of aromatic nitrogens is 2. The van der Waals surface area contributed by atoms with Gasteiger partial charge in [0.25, 0.3) is 0 Å². The summed E-state index contributed by atoms with van der Waals surface area (Å²) >= 11 is 0. The Labute approximate surface area is 119 Å². The van der Waals surface area contributed by atoms with Crippen LogP contribution in [0.15, 0.2) is 36.4 Å². The molecule has 5 nitrogen and oxygen atoms in total. The molecule has 106 valence electrons. The van der Waals surface area contributed by atoms with Crippen LogP contribution in [0, 0.1) is 0 Å². The number of rotatable bonds is 7. The lowest BCUT2D eigenvalue weighted by atomic mass is 10.2. The fourth-order valence-electron chi connectivity index (χ4n) is 1.82. The van der Waals surface area contributed by atoms with E-state index < -0.39 is 0 Å². The van der Waals surface area contributed by atoms with Gasteiger partial charge in [-0.15, -0.1) is 0 Å². The van der Waals surface area contributed by atoms with Crippen LogP contribution in [0.4, 0.5) is 11.6 Å². The molecule has 2 rings (SSSR count). The van der Waals surface area contributed by atoms with Gasteiger partial charge in [0.05, 0.1) is 0 Å². The van der Waals surface area contributed by atoms with Crippen molar-refractivity contribution >= 4 is 11.6 Å². The van der Waals surface area contributed by atoms with E-state index in [9.17, 15) is 0 Å². The molecule has 2 aromatic rings. The summed E-state index contributed by atoms with van der Waals surface area (Å²) in [6, 6.07) is 11.9. The van der Waals surface area contributed by atoms with Crippen molar-refractivity contribution in [2.24, 2.45) is 0 Å². The summed E-state index contributed by atoms with van der Waals surface area (Å²) < 4.78 is 5.03. The van der Waals surface area contributed by atoms with Gasteiger partial charge in [-0.2, -0.15) is 0 Å². The van der Waals surface area contributed by atoms with Crippen molar-refractivity contribution in [2.45, 2.75) is 6.42 Å². The Bertz CT molecular complexity index is 531. The first-order valence-electron chi connectivity index (χ1n) is 6.68. The highest BCUT2D eigenvalue weighted by Crippen LogP contribution is 2.19. The zero-order valence-electron chi connectivity index (χ0n) is 11.9. The minimum atomic E-state index is 0.715. The molecule has 0 saturated carbocycles. The van der Waals surface area contributed by atoms with Gasteiger partial charge in [-0.25, -0.2) is 9.97 Å². The molecule has 0 atom stereocenters. The van der Waals surface area contributed by atoms with Gasteiger partial charge in [-0.3, -0.25) is 0 Å². The van der Waals surface area contributed by atoms with Crippen LogP contribution in [0.5, 0.6) is 0 Å². The summed E-state index contributed by atoms with van der Waals surface area (Å²) in [5, 5.41) is 6.36. The smallest absolute Gasteiger partial charge is 0.163 e. The highest BCUT2D eigenvalue weighted by molar-refractivity contribution is 5.60. The molecule has 0 aliphatic heterocycles. The molecule has 1 aromatic carbocycles. The van der Waals surface area contributed by atoms with E-state index in [0.717, 1.165) is 36.8 Å². The van der Waals surface area contributed by atoms with E-state index in [1.165, 1.54) is 0 Å². The second kappa shape index (κ2) is 7.45. The molecule has 0 fully saturated rings. The highest BCUT2D eigenvalue weighted by Gasteiger charge is 2.05. The van der Waals surface area contributed by atoms with Crippen LogP contribution in [0.25, 0.3) is 11.4 Å². The van der Waals surface area contributed by atoms with Gasteiger partial charge in [0.2, 0.25) is 0 Å². The first-order valence-corrected chi connectivity index (χ1v) is 6.68. The molecule has 0 aliphatic carbocycles. The monoisotopic (exact) mass is 272 g/mol. The number of anilines is 2. The zero-order valence-corrected chi connectivity index (χ0v) is 11.9. The van der Waals surface area contributed by atoms with Gasteiger partial charge in [0.1, 0.15) is 11.6 Å². The fourth-order valence-corrected chi connectivity index (χ4v) is 1.82. The van der Waals surface area contributed by atoms with Crippen molar-refractivity contribution < 1.29 is 4.74 Å². The maximum absolute atomic E-state index is 5.03. The molecule has 0 aliphatic rings. The van der Waals surface area contributed by atoms with Gasteiger partial charge in [-0.1, -0.05) is 30.3 Å². The van der Waals surface area contributed by atoms with E-state index in [0.29, 0.717) is 5.82 Å². The SMILES string of the molecule is CNc1cc(NCCCOC)nc(-c2ccccc2)n1. The summed E-state index contributed by atoms with van der Waals surface area (Å²) in [7, 11) is 3.56. The number of ether oxygens (including phenoxy) is 1. The predicted octanol–water partition coefficient (Wildman–Crippen LogP) is 2.63. The molecule has 0 saturated heterocycles. The summed E-state index contributed by atoms with van der Waals surface area (Å²) in [6.45, 7) is 1.56. The van der Waals surface area contributed by atoms with E-state index >= 15 is 0 Å². The summed E-state index contributed by atoms with van der Waals surface area (Å²) in [5.74, 6) is 2.33. The van der Waals surface area contributed by atoms with Crippen molar-refractivity contribution in [2.75, 3.05) is 37.9 Å². The van der Waals surface area contributed by atoms with Crippen LogP contribution in [0.3, 0.4) is 0 Å². The Balaban J connectivity index is 2.16. The minimum Gasteiger partial charge on any atom is -0.385 e. The Kier molecular flexibility index (Phi) is 5.32. The van der Waals surface area contributed by atoms with E-state index in [1.807, 2.05) is 43.4 Å². The number of nitrogens with zero attached hydrogens (tertiary/aromatic N) is 2. The Morgan fingerprint density at radius 2 is 1.85 bits per heavy atom. The van der Waals surface area contributed by atoms with Gasteiger partial charge >= 0.3 is 0 Å². The Morgan fingerprint density at radius 3 is 2.55 bits per heavy atom. The van der Waals surface area contributed by atoms with Crippen LogP contribution in [-0.4, -0.2) is 37.3 Å². The quantitative estimate of drug-likeness (QED) is 0.759. The van der Waals surface area contributed by atoms with Crippen molar-refractivity contribution in [3.8, 4) is 11.4 Å². The highest BCUT2D eigenvalue weighted by atomic mass is 16.5. The van der Waals surface area contributed by atoms with E-state index in [1.54, 1.807) is 7.11 Å². The van der Waals surface area contributed by atoms with E-state index in [4.69, 9.17) is 4.74 Å². The molecule has 2 N–H and O–H groups in total. The number of methoxy groups -OCH3 is 1. The molecule has 5 heteroatoms. The molecule has 20 heavy (non-hydrogen) atoms. The molecular weight excluding hydrogens is 252 g/mol. The topological polar surface area (TPSA) is 59.1 Å². The largest absolute Gasteiger partial charge is 0.385 e. The molecular formula is C15H20N4O. The zero-order chi connectivity index (χ0) is 14.2. The average Bonchev–Trinajstić information content (AvgIpc) is 2.52. The van der Waals surface area contributed by atoms with Crippen LogP contribution in [-0.2, 0) is 4.74 Å². The molecule has 0 amide bonds. The Hall–Kier alpha value is -2.14. The normalized spacial score (nSPS) is 10.3. The first-order chi connectivity index (χ1) is 9.83. The fraction of sp³-hybridized carbons (Fsp3) is 0.333. The second-order valence-corrected chi connectivity index (χ2v) is 4.35. The molecule has 0 radical (unpaired) electrons. The van der Waals surface area contributed by atoms with Crippen LogP contribution in [0.1, 0.15) is 6.42 Å². The van der Waals surface area contributed by atoms with E-state index in [2.05, 4.69) is 20.6 Å². The lowest BCUT2D eigenvalue weighted by Crippen LogP contribution is -2.08. The summed E-state index contributed by atoms with van der Waals surface area (Å²) in [6.07, 6.45) is 0.941. The number of hydrogen-bond acceptors (Lipinski definition) is 5. The third-order valence-electron chi connectivity index (χ3n) is 2.85. The van der Waals surface area contributed by atoms with Gasteiger partial charge in [0.15, 0.2) is 5.82 Å². The van der Waals surface area contributed by atoms with Gasteiger partial charge in [0, 0.05) is 38.9 Å². The van der Waals surface area contributed by atoms with Gasteiger partial charge in [-0.05, 0) is 6.42 Å². The molecule has 0 spiro atoms. The average molecular weight is 272 g/mol. The van der Waals surface area contributed by atoms with Crippen molar-refractivity contribution in [1.29, 1.82) is 0 Å². The number of nitrogens with one attached hydrogen (secondary N) is 2. The standard InChI is InChI=1S/C15H20N4O/c1-16-13-11-14(17-9-6-10-20-2)19-15(18-13)12-7-4-3-5-8-12/h3-5,7-8,11H,6,9-10H2,1-2H3,(H2,16,17,18,19). The van der Waals surface area contributed by atoms with Crippen molar-refractivity contribution in [1.82, 2.24) is 9.97 Å². The lowest BCUT2D eigenvalue weighted by molar-refractivity contribution is 0.198. The Morgan fingerprint density at radius 1 is 1.10 bits per heavy atom. The van der Waals surface area contributed by atoms with E-state index in [-0.39, 0.29) is 0 Å². The van der Waals surface area contributed by atoms with Crippen LogP contribution >= 0.6 is 0 Å². The minimum absolute atomic E-state index is 0.715. The third-order valence-corrected chi connectivity index (χ3v) is 2.85. The second-order valence-electron chi connectivity index (χ2n) is 4.35. The maximum Gasteiger partial charge on any atom is 0.163 e. The maximum atomic E-state index is 5.03. The first kappa shape index (κ1) is 14.3. The number of benzene rings is 1. The van der Waals surface area contributed by atoms with Crippen LogP contribution < -0.4 is 10.6 Å². The number of hydrogen-bond donors (Lipinski definition) is 2. The summed E-state index contributed by atoms with van der Waals surface area (Å²) in [5.41, 5.74) is 1.00. The molecule has 0 bridgehead atoms. The lowest BCUT2D eigenvalue weighted by Gasteiger charge is -2.09. The van der Waals surface area contributed by atoms with Gasteiger partial charge < -0.3 is 15.4 Å². The molecule has 1 aromatic heterocycles.